The number of anilines is 1. The molecule has 1 heterocycles. The second kappa shape index (κ2) is 9.13. The molecule has 3 aromatic rings. The molecule has 0 spiro atoms. The molecule has 4 rings (SSSR count). The van der Waals surface area contributed by atoms with Gasteiger partial charge in [-0.3, -0.25) is 9.59 Å². The fourth-order valence-corrected chi connectivity index (χ4v) is 3.66. The Balaban J connectivity index is 1.32. The van der Waals surface area contributed by atoms with Gasteiger partial charge >= 0.3 is 0 Å². The SMILES string of the molecule is O=C(Nc1ccc(Oc2ccc(Br)cc2)cc1)[C@H]1CC(=O)N(Cc2ccccc2)C1. The largest absolute Gasteiger partial charge is 0.457 e. The van der Waals surface area contributed by atoms with Crippen molar-refractivity contribution in [3.63, 3.8) is 0 Å². The maximum absolute atomic E-state index is 12.6. The third kappa shape index (κ3) is 5.07. The molecule has 152 valence electrons. The standard InChI is InChI=1S/C24H21BrN2O3/c25-19-6-10-21(11-7-19)30-22-12-8-20(9-13-22)26-24(29)18-14-23(28)27(16-18)15-17-4-2-1-3-5-17/h1-13,18H,14-16H2,(H,26,29)/t18-/m0/s1. The van der Waals surface area contributed by atoms with Gasteiger partial charge in [0.1, 0.15) is 11.5 Å². The smallest absolute Gasteiger partial charge is 0.229 e. The van der Waals surface area contributed by atoms with Crippen molar-refractivity contribution in [2.75, 3.05) is 11.9 Å². The maximum atomic E-state index is 12.6. The summed E-state index contributed by atoms with van der Waals surface area (Å²) in [7, 11) is 0. The number of ether oxygens (including phenoxy) is 1. The molecule has 1 saturated heterocycles. The maximum Gasteiger partial charge on any atom is 0.229 e. The number of nitrogens with zero attached hydrogens (tertiary/aromatic N) is 1. The third-order valence-corrected chi connectivity index (χ3v) is 5.50. The van der Waals surface area contributed by atoms with Gasteiger partial charge in [0, 0.05) is 29.7 Å². The summed E-state index contributed by atoms with van der Waals surface area (Å²) in [5.74, 6) is 0.941. The van der Waals surface area contributed by atoms with Crippen LogP contribution in [0.15, 0.2) is 83.3 Å². The summed E-state index contributed by atoms with van der Waals surface area (Å²) in [6.07, 6.45) is 0.240. The van der Waals surface area contributed by atoms with Crippen LogP contribution in [0.2, 0.25) is 0 Å². The van der Waals surface area contributed by atoms with Gasteiger partial charge in [-0.2, -0.15) is 0 Å². The topological polar surface area (TPSA) is 58.6 Å². The highest BCUT2D eigenvalue weighted by Gasteiger charge is 2.34. The molecule has 0 saturated carbocycles. The van der Waals surface area contributed by atoms with Crippen molar-refractivity contribution >= 4 is 33.4 Å². The first-order valence-electron chi connectivity index (χ1n) is 9.73. The molecule has 30 heavy (non-hydrogen) atoms. The highest BCUT2D eigenvalue weighted by molar-refractivity contribution is 9.10. The Kier molecular flexibility index (Phi) is 6.14. The van der Waals surface area contributed by atoms with Crippen LogP contribution in [0, 0.1) is 5.92 Å². The van der Waals surface area contributed by atoms with Gasteiger partial charge in [-0.1, -0.05) is 46.3 Å². The van der Waals surface area contributed by atoms with E-state index < -0.39 is 0 Å². The van der Waals surface area contributed by atoms with E-state index in [0.29, 0.717) is 24.5 Å². The van der Waals surface area contributed by atoms with Crippen LogP contribution in [-0.2, 0) is 16.1 Å². The predicted molar refractivity (Wildman–Crippen MR) is 119 cm³/mol. The summed E-state index contributed by atoms with van der Waals surface area (Å²) in [5, 5.41) is 2.91. The van der Waals surface area contributed by atoms with E-state index in [4.69, 9.17) is 4.74 Å². The normalized spacial score (nSPS) is 15.8. The van der Waals surface area contributed by atoms with Crippen molar-refractivity contribution in [1.82, 2.24) is 4.90 Å². The fourth-order valence-electron chi connectivity index (χ4n) is 3.39. The Hall–Kier alpha value is -3.12. The van der Waals surface area contributed by atoms with Crippen LogP contribution in [0.5, 0.6) is 11.5 Å². The molecule has 1 atom stereocenters. The lowest BCUT2D eigenvalue weighted by molar-refractivity contribution is -0.128. The van der Waals surface area contributed by atoms with E-state index in [2.05, 4.69) is 21.2 Å². The Bertz CT molecular complexity index is 1020. The van der Waals surface area contributed by atoms with Crippen LogP contribution in [0.1, 0.15) is 12.0 Å². The van der Waals surface area contributed by atoms with Gasteiger partial charge in [0.15, 0.2) is 0 Å². The van der Waals surface area contributed by atoms with E-state index >= 15 is 0 Å². The fraction of sp³-hybridized carbons (Fsp3) is 0.167. The van der Waals surface area contributed by atoms with Crippen molar-refractivity contribution in [3.8, 4) is 11.5 Å². The van der Waals surface area contributed by atoms with Crippen molar-refractivity contribution in [1.29, 1.82) is 0 Å². The molecule has 0 unspecified atom stereocenters. The van der Waals surface area contributed by atoms with Gasteiger partial charge in [0.2, 0.25) is 11.8 Å². The van der Waals surface area contributed by atoms with Gasteiger partial charge in [-0.25, -0.2) is 0 Å². The van der Waals surface area contributed by atoms with E-state index in [1.807, 2.05) is 54.6 Å². The number of nitrogens with one attached hydrogen (secondary N) is 1. The molecule has 6 heteroatoms. The second-order valence-corrected chi connectivity index (χ2v) is 8.15. The van der Waals surface area contributed by atoms with Crippen molar-refractivity contribution in [3.05, 3.63) is 88.9 Å². The Morgan fingerprint density at radius 2 is 1.60 bits per heavy atom. The number of hydrogen-bond acceptors (Lipinski definition) is 3. The van der Waals surface area contributed by atoms with Crippen molar-refractivity contribution in [2.24, 2.45) is 5.92 Å². The number of carbonyl (C=O) groups excluding carboxylic acids is 2. The summed E-state index contributed by atoms with van der Waals surface area (Å²) >= 11 is 3.40. The third-order valence-electron chi connectivity index (χ3n) is 4.97. The zero-order chi connectivity index (χ0) is 20.9. The molecule has 1 aliphatic rings. The molecule has 3 aromatic carbocycles. The molecular weight excluding hydrogens is 444 g/mol. The number of hydrogen-bond donors (Lipinski definition) is 1. The molecule has 0 bridgehead atoms. The number of likely N-dealkylation sites (tertiary alicyclic amines) is 1. The first-order chi connectivity index (χ1) is 14.6. The average Bonchev–Trinajstić information content (AvgIpc) is 3.12. The lowest BCUT2D eigenvalue weighted by Gasteiger charge is -2.16. The lowest BCUT2D eigenvalue weighted by Crippen LogP contribution is -2.28. The first kappa shape index (κ1) is 20.2. The zero-order valence-corrected chi connectivity index (χ0v) is 17.8. The van der Waals surface area contributed by atoms with Gasteiger partial charge in [-0.15, -0.1) is 0 Å². The van der Waals surface area contributed by atoms with Crippen LogP contribution >= 0.6 is 15.9 Å². The molecular formula is C24H21BrN2O3. The predicted octanol–water partition coefficient (Wildman–Crippen LogP) is 5.23. The number of rotatable bonds is 6. The number of halogens is 1. The minimum atomic E-state index is -0.347. The summed E-state index contributed by atoms with van der Waals surface area (Å²) in [5.41, 5.74) is 1.74. The lowest BCUT2D eigenvalue weighted by atomic mass is 10.1. The Morgan fingerprint density at radius 3 is 2.27 bits per heavy atom. The highest BCUT2D eigenvalue weighted by atomic mass is 79.9. The molecule has 0 radical (unpaired) electrons. The summed E-state index contributed by atoms with van der Waals surface area (Å²) in [4.78, 5) is 26.7. The average molecular weight is 465 g/mol. The minimum Gasteiger partial charge on any atom is -0.457 e. The summed E-state index contributed by atoms with van der Waals surface area (Å²) in [6.45, 7) is 0.968. The molecule has 1 N–H and O–H groups in total. The molecule has 1 fully saturated rings. The Morgan fingerprint density at radius 1 is 0.967 bits per heavy atom. The van der Waals surface area contributed by atoms with E-state index in [9.17, 15) is 9.59 Å². The van der Waals surface area contributed by atoms with Gasteiger partial charge in [-0.05, 0) is 54.1 Å². The first-order valence-corrected chi connectivity index (χ1v) is 10.5. The number of benzene rings is 3. The van der Waals surface area contributed by atoms with Crippen LogP contribution in [0.25, 0.3) is 0 Å². The van der Waals surface area contributed by atoms with E-state index in [0.717, 1.165) is 15.8 Å². The van der Waals surface area contributed by atoms with Gasteiger partial charge < -0.3 is 15.0 Å². The zero-order valence-electron chi connectivity index (χ0n) is 16.3. The van der Waals surface area contributed by atoms with Gasteiger partial charge in [0.25, 0.3) is 0 Å². The minimum absolute atomic E-state index is 0.0113. The highest BCUT2D eigenvalue weighted by Crippen LogP contribution is 2.26. The molecule has 5 nitrogen and oxygen atoms in total. The van der Waals surface area contributed by atoms with Crippen molar-refractivity contribution < 1.29 is 14.3 Å². The van der Waals surface area contributed by atoms with E-state index in [1.54, 1.807) is 29.2 Å². The number of carbonyl (C=O) groups is 2. The Labute approximate surface area is 183 Å². The second-order valence-electron chi connectivity index (χ2n) is 7.23. The van der Waals surface area contributed by atoms with Crippen LogP contribution < -0.4 is 10.1 Å². The number of amides is 2. The van der Waals surface area contributed by atoms with Crippen LogP contribution in [0.3, 0.4) is 0 Å². The van der Waals surface area contributed by atoms with Crippen molar-refractivity contribution in [2.45, 2.75) is 13.0 Å². The van der Waals surface area contributed by atoms with Gasteiger partial charge in [0.05, 0.1) is 5.92 Å². The van der Waals surface area contributed by atoms with Crippen LogP contribution in [0.4, 0.5) is 5.69 Å². The monoisotopic (exact) mass is 464 g/mol. The molecule has 1 aliphatic heterocycles. The summed E-state index contributed by atoms with van der Waals surface area (Å²) < 4.78 is 6.78. The van der Waals surface area contributed by atoms with E-state index in [-0.39, 0.29) is 24.2 Å². The molecule has 2 amide bonds. The molecule has 0 aliphatic carbocycles. The quantitative estimate of drug-likeness (QED) is 0.543. The van der Waals surface area contributed by atoms with E-state index in [1.165, 1.54) is 0 Å². The molecule has 0 aromatic heterocycles. The summed E-state index contributed by atoms with van der Waals surface area (Å²) in [6, 6.07) is 24.6. The van der Waals surface area contributed by atoms with Crippen LogP contribution in [-0.4, -0.2) is 23.3 Å².